The van der Waals surface area contributed by atoms with Crippen molar-refractivity contribution >= 4 is 34.3 Å². The lowest BCUT2D eigenvalue weighted by molar-refractivity contribution is 0.102. The van der Waals surface area contributed by atoms with Gasteiger partial charge in [-0.1, -0.05) is 6.07 Å². The van der Waals surface area contributed by atoms with Crippen LogP contribution in [-0.2, 0) is 0 Å². The molecule has 0 aliphatic rings. The number of anilines is 1. The number of benzene rings is 2. The van der Waals surface area contributed by atoms with Crippen molar-refractivity contribution in [1.82, 2.24) is 4.98 Å². The molecule has 0 aliphatic heterocycles. The third-order valence-corrected chi connectivity index (χ3v) is 4.13. The Morgan fingerprint density at radius 3 is 2.82 bits per heavy atom. The van der Waals surface area contributed by atoms with Gasteiger partial charge in [0, 0.05) is 21.5 Å². The lowest BCUT2D eigenvalue weighted by Crippen LogP contribution is -2.12. The van der Waals surface area contributed by atoms with E-state index in [-0.39, 0.29) is 5.91 Å². The second-order valence-corrected chi connectivity index (χ2v) is 5.70. The molecule has 5 heteroatoms. The average molecular weight is 312 g/mol. The molecule has 22 heavy (non-hydrogen) atoms. The van der Waals surface area contributed by atoms with Crippen molar-refractivity contribution in [3.05, 3.63) is 54.2 Å². The molecule has 0 radical (unpaired) electrons. The maximum Gasteiger partial charge on any atom is 0.272 e. The minimum atomic E-state index is -0.159. The number of hydrogen-bond donors (Lipinski definition) is 2. The number of ether oxygens (including phenoxy) is 1. The van der Waals surface area contributed by atoms with Gasteiger partial charge >= 0.3 is 0 Å². The molecule has 1 heterocycles. The number of aromatic amines is 1. The maximum absolute atomic E-state index is 12.4. The smallest absolute Gasteiger partial charge is 0.272 e. The van der Waals surface area contributed by atoms with Crippen molar-refractivity contribution in [2.24, 2.45) is 0 Å². The monoisotopic (exact) mass is 312 g/mol. The zero-order chi connectivity index (χ0) is 15.5. The first-order valence-corrected chi connectivity index (χ1v) is 8.04. The zero-order valence-corrected chi connectivity index (χ0v) is 13.2. The largest absolute Gasteiger partial charge is 0.497 e. The lowest BCUT2D eigenvalue weighted by Gasteiger charge is -2.05. The van der Waals surface area contributed by atoms with Crippen LogP contribution < -0.4 is 10.1 Å². The molecule has 2 N–H and O–H groups in total. The Morgan fingerprint density at radius 2 is 2.05 bits per heavy atom. The maximum atomic E-state index is 12.4. The Labute approximate surface area is 132 Å². The van der Waals surface area contributed by atoms with Gasteiger partial charge in [0.05, 0.1) is 7.11 Å². The first-order valence-electron chi connectivity index (χ1n) is 6.82. The summed E-state index contributed by atoms with van der Waals surface area (Å²) in [5.74, 6) is 0.611. The standard InChI is InChI=1S/C17H16N2O2S/c1-21-13-6-7-15-11(8-13)9-16(19-15)17(20)18-12-4-3-5-14(10-12)22-2/h3-10,19H,1-2H3,(H,18,20). The highest BCUT2D eigenvalue weighted by atomic mass is 32.2. The molecule has 0 aliphatic carbocycles. The summed E-state index contributed by atoms with van der Waals surface area (Å²) < 4.78 is 5.20. The molecule has 1 aromatic heterocycles. The van der Waals surface area contributed by atoms with Crippen LogP contribution in [0, 0.1) is 0 Å². The molecule has 1 amide bonds. The van der Waals surface area contributed by atoms with E-state index < -0.39 is 0 Å². The Morgan fingerprint density at radius 1 is 1.18 bits per heavy atom. The quantitative estimate of drug-likeness (QED) is 0.712. The molecule has 0 unspecified atom stereocenters. The summed E-state index contributed by atoms with van der Waals surface area (Å²) in [5, 5.41) is 3.85. The lowest BCUT2D eigenvalue weighted by atomic mass is 10.2. The normalized spacial score (nSPS) is 10.6. The summed E-state index contributed by atoms with van der Waals surface area (Å²) >= 11 is 1.64. The number of aromatic nitrogens is 1. The van der Waals surface area contributed by atoms with E-state index in [2.05, 4.69) is 10.3 Å². The van der Waals surface area contributed by atoms with E-state index in [4.69, 9.17) is 4.74 Å². The van der Waals surface area contributed by atoms with Crippen LogP contribution in [0.4, 0.5) is 5.69 Å². The molecule has 4 nitrogen and oxygen atoms in total. The number of amides is 1. The highest BCUT2D eigenvalue weighted by Gasteiger charge is 2.10. The van der Waals surface area contributed by atoms with Crippen molar-refractivity contribution in [2.75, 3.05) is 18.7 Å². The summed E-state index contributed by atoms with van der Waals surface area (Å²) in [6.45, 7) is 0. The minimum Gasteiger partial charge on any atom is -0.497 e. The summed E-state index contributed by atoms with van der Waals surface area (Å²) in [5.41, 5.74) is 2.22. The van der Waals surface area contributed by atoms with Crippen molar-refractivity contribution in [2.45, 2.75) is 4.90 Å². The van der Waals surface area contributed by atoms with Crippen molar-refractivity contribution < 1.29 is 9.53 Å². The topological polar surface area (TPSA) is 54.1 Å². The molecule has 0 saturated carbocycles. The average Bonchev–Trinajstić information content (AvgIpc) is 2.98. The number of carbonyl (C=O) groups is 1. The van der Waals surface area contributed by atoms with Crippen LogP contribution in [0.5, 0.6) is 5.75 Å². The molecule has 0 atom stereocenters. The third-order valence-electron chi connectivity index (χ3n) is 3.40. The number of methoxy groups -OCH3 is 1. The van der Waals surface area contributed by atoms with Gasteiger partial charge in [0.2, 0.25) is 0 Å². The van der Waals surface area contributed by atoms with Crippen molar-refractivity contribution in [3.8, 4) is 5.75 Å². The number of thioether (sulfide) groups is 1. The van der Waals surface area contributed by atoms with Crippen LogP contribution >= 0.6 is 11.8 Å². The van der Waals surface area contributed by atoms with Gasteiger partial charge in [-0.2, -0.15) is 0 Å². The fraction of sp³-hybridized carbons (Fsp3) is 0.118. The van der Waals surface area contributed by atoms with Crippen LogP contribution in [-0.4, -0.2) is 24.3 Å². The van der Waals surface area contributed by atoms with Gasteiger partial charge in [0.25, 0.3) is 5.91 Å². The molecule has 3 rings (SSSR count). The van der Waals surface area contributed by atoms with Gasteiger partial charge in [-0.25, -0.2) is 0 Å². The van der Waals surface area contributed by atoms with Gasteiger partial charge in [-0.3, -0.25) is 4.79 Å². The summed E-state index contributed by atoms with van der Waals surface area (Å²) in [6.07, 6.45) is 2.01. The molecule has 0 spiro atoms. The molecular formula is C17H16N2O2S. The first kappa shape index (κ1) is 14.5. The van der Waals surface area contributed by atoms with Crippen LogP contribution in [0.2, 0.25) is 0 Å². The Balaban J connectivity index is 1.85. The second-order valence-electron chi connectivity index (χ2n) is 4.82. The molecular weight excluding hydrogens is 296 g/mol. The van der Waals surface area contributed by atoms with Crippen LogP contribution in [0.25, 0.3) is 10.9 Å². The molecule has 3 aromatic rings. The van der Waals surface area contributed by atoms with E-state index in [0.29, 0.717) is 5.69 Å². The highest BCUT2D eigenvalue weighted by Crippen LogP contribution is 2.23. The van der Waals surface area contributed by atoms with Gasteiger partial charge < -0.3 is 15.0 Å². The number of carbonyl (C=O) groups excluding carboxylic acids is 1. The fourth-order valence-electron chi connectivity index (χ4n) is 2.26. The van der Waals surface area contributed by atoms with E-state index in [1.807, 2.05) is 54.8 Å². The fourth-order valence-corrected chi connectivity index (χ4v) is 2.72. The second kappa shape index (κ2) is 6.15. The van der Waals surface area contributed by atoms with Gasteiger partial charge in [-0.15, -0.1) is 11.8 Å². The number of hydrogen-bond acceptors (Lipinski definition) is 3. The molecule has 2 aromatic carbocycles. The number of fused-ring (bicyclic) bond motifs is 1. The first-order chi connectivity index (χ1) is 10.7. The van der Waals surface area contributed by atoms with E-state index in [0.717, 1.165) is 27.2 Å². The molecule has 112 valence electrons. The zero-order valence-electron chi connectivity index (χ0n) is 12.3. The van der Waals surface area contributed by atoms with Crippen LogP contribution in [0.15, 0.2) is 53.4 Å². The van der Waals surface area contributed by atoms with E-state index in [9.17, 15) is 4.79 Å². The SMILES string of the molecule is COc1ccc2[nH]c(C(=O)Nc3cccc(SC)c3)cc2c1. The number of H-pyrrole nitrogens is 1. The van der Waals surface area contributed by atoms with Crippen LogP contribution in [0.1, 0.15) is 10.5 Å². The Hall–Kier alpha value is -2.40. The van der Waals surface area contributed by atoms with E-state index in [1.165, 1.54) is 0 Å². The third kappa shape index (κ3) is 2.94. The Bertz CT molecular complexity index is 826. The van der Waals surface area contributed by atoms with Gasteiger partial charge in [0.1, 0.15) is 11.4 Å². The predicted molar refractivity (Wildman–Crippen MR) is 91.0 cm³/mol. The molecule has 0 saturated heterocycles. The van der Waals surface area contributed by atoms with Gasteiger partial charge in [-0.05, 0) is 48.7 Å². The molecule has 0 fully saturated rings. The summed E-state index contributed by atoms with van der Waals surface area (Å²) in [7, 11) is 1.63. The minimum absolute atomic E-state index is 0.159. The van der Waals surface area contributed by atoms with E-state index in [1.54, 1.807) is 18.9 Å². The highest BCUT2D eigenvalue weighted by molar-refractivity contribution is 7.98. The van der Waals surface area contributed by atoms with E-state index >= 15 is 0 Å². The number of nitrogens with one attached hydrogen (secondary N) is 2. The summed E-state index contributed by atoms with van der Waals surface area (Å²) in [4.78, 5) is 16.6. The van der Waals surface area contributed by atoms with Crippen LogP contribution in [0.3, 0.4) is 0 Å². The van der Waals surface area contributed by atoms with Crippen molar-refractivity contribution in [3.63, 3.8) is 0 Å². The number of rotatable bonds is 4. The van der Waals surface area contributed by atoms with Crippen molar-refractivity contribution in [1.29, 1.82) is 0 Å². The predicted octanol–water partition coefficient (Wildman–Crippen LogP) is 4.15. The Kier molecular flexibility index (Phi) is 4.06. The molecule has 0 bridgehead atoms. The van der Waals surface area contributed by atoms with Gasteiger partial charge in [0.15, 0.2) is 0 Å². The summed E-state index contributed by atoms with van der Waals surface area (Å²) in [6, 6.07) is 15.3.